The zero-order chi connectivity index (χ0) is 12.3. The predicted octanol–water partition coefficient (Wildman–Crippen LogP) is 4.05. The molecule has 0 saturated carbocycles. The molecule has 1 aliphatic heterocycles. The van der Waals surface area contributed by atoms with E-state index >= 15 is 0 Å². The highest BCUT2D eigenvalue weighted by atomic mass is 79.9. The quantitative estimate of drug-likeness (QED) is 0.787. The van der Waals surface area contributed by atoms with Crippen molar-refractivity contribution >= 4 is 33.3 Å². The highest BCUT2D eigenvalue weighted by Gasteiger charge is 2.24. The van der Waals surface area contributed by atoms with Crippen LogP contribution < -0.4 is 4.90 Å². The molecule has 17 heavy (non-hydrogen) atoms. The van der Waals surface area contributed by atoms with Gasteiger partial charge in [0.2, 0.25) is 5.28 Å². The number of piperidine rings is 1. The summed E-state index contributed by atoms with van der Waals surface area (Å²) in [5, 5.41) is 0.323. The Bertz CT molecular complexity index is 384. The maximum Gasteiger partial charge on any atom is 0.224 e. The summed E-state index contributed by atoms with van der Waals surface area (Å²) in [4.78, 5) is 10.7. The molecular weight excluding hydrogens is 302 g/mol. The maximum atomic E-state index is 5.89. The van der Waals surface area contributed by atoms with Crippen LogP contribution in [0.4, 0.5) is 5.82 Å². The molecule has 0 aliphatic carbocycles. The molecule has 0 bridgehead atoms. The lowest BCUT2D eigenvalue weighted by molar-refractivity contribution is 0.431. The van der Waals surface area contributed by atoms with Gasteiger partial charge in [0.05, 0.1) is 4.47 Å². The summed E-state index contributed by atoms with van der Waals surface area (Å²) in [6, 6.07) is 0.594. The molecule has 0 amide bonds. The fourth-order valence-corrected chi connectivity index (χ4v) is 3.00. The van der Waals surface area contributed by atoms with Crippen molar-refractivity contribution in [3.05, 3.63) is 16.0 Å². The summed E-state index contributed by atoms with van der Waals surface area (Å²) >= 11 is 9.41. The van der Waals surface area contributed by atoms with Crippen molar-refractivity contribution in [1.82, 2.24) is 9.97 Å². The van der Waals surface area contributed by atoms with E-state index < -0.39 is 0 Å². The van der Waals surface area contributed by atoms with Crippen LogP contribution in [0, 0.1) is 0 Å². The van der Waals surface area contributed by atoms with Gasteiger partial charge in [-0.25, -0.2) is 4.98 Å². The first-order valence-corrected chi connectivity index (χ1v) is 7.34. The first kappa shape index (κ1) is 13.1. The summed E-state index contributed by atoms with van der Waals surface area (Å²) in [6.45, 7) is 3.30. The topological polar surface area (TPSA) is 29.0 Å². The lowest BCUT2D eigenvalue weighted by atomic mass is 9.98. The molecule has 1 unspecified atom stereocenters. The third-order valence-corrected chi connectivity index (χ3v) is 3.96. The standard InChI is InChI=1S/C12H17BrClN3/c1-2-5-9-6-3-4-7-17(9)11-10(13)8-15-12(14)16-11/h8-9H,2-7H2,1H3. The van der Waals surface area contributed by atoms with Gasteiger partial charge >= 0.3 is 0 Å². The van der Waals surface area contributed by atoms with Crippen LogP contribution in [0.15, 0.2) is 10.7 Å². The summed E-state index contributed by atoms with van der Waals surface area (Å²) in [5.74, 6) is 0.947. The van der Waals surface area contributed by atoms with Gasteiger partial charge in [0.15, 0.2) is 0 Å². The van der Waals surface area contributed by atoms with Crippen molar-refractivity contribution in [1.29, 1.82) is 0 Å². The molecule has 1 aromatic rings. The van der Waals surface area contributed by atoms with Crippen molar-refractivity contribution in [2.75, 3.05) is 11.4 Å². The van der Waals surface area contributed by atoms with Crippen LogP contribution >= 0.6 is 27.5 Å². The van der Waals surface area contributed by atoms with Gasteiger partial charge in [0, 0.05) is 18.8 Å². The van der Waals surface area contributed by atoms with Crippen LogP contribution in [0.3, 0.4) is 0 Å². The first-order valence-electron chi connectivity index (χ1n) is 6.17. The van der Waals surface area contributed by atoms with Gasteiger partial charge in [-0.05, 0) is 53.2 Å². The second-order valence-corrected chi connectivity index (χ2v) is 5.63. The summed E-state index contributed by atoms with van der Waals surface area (Å²) < 4.78 is 0.935. The Morgan fingerprint density at radius 1 is 1.53 bits per heavy atom. The first-order chi connectivity index (χ1) is 8.22. The molecule has 1 aliphatic rings. The second-order valence-electron chi connectivity index (χ2n) is 4.44. The van der Waals surface area contributed by atoms with Crippen LogP contribution in [0.1, 0.15) is 39.0 Å². The zero-order valence-corrected chi connectivity index (χ0v) is 12.3. The molecule has 0 spiro atoms. The van der Waals surface area contributed by atoms with Gasteiger partial charge in [-0.15, -0.1) is 0 Å². The molecule has 3 nitrogen and oxygen atoms in total. The fraction of sp³-hybridized carbons (Fsp3) is 0.667. The molecule has 0 radical (unpaired) electrons. The van der Waals surface area contributed by atoms with Gasteiger partial charge in [0.25, 0.3) is 0 Å². The minimum atomic E-state index is 0.323. The number of hydrogen-bond donors (Lipinski definition) is 0. The summed E-state index contributed by atoms with van der Waals surface area (Å²) in [5.41, 5.74) is 0. The van der Waals surface area contributed by atoms with Gasteiger partial charge in [-0.1, -0.05) is 13.3 Å². The molecule has 0 N–H and O–H groups in total. The average molecular weight is 319 g/mol. The van der Waals surface area contributed by atoms with Gasteiger partial charge in [-0.3, -0.25) is 0 Å². The highest BCUT2D eigenvalue weighted by molar-refractivity contribution is 9.10. The molecular formula is C12H17BrClN3. The number of halogens is 2. The van der Waals surface area contributed by atoms with E-state index in [9.17, 15) is 0 Å². The third-order valence-electron chi connectivity index (χ3n) is 3.22. The van der Waals surface area contributed by atoms with Crippen molar-refractivity contribution in [3.8, 4) is 0 Å². The van der Waals surface area contributed by atoms with E-state index in [0.717, 1.165) is 16.8 Å². The number of rotatable bonds is 3. The van der Waals surface area contributed by atoms with Crippen molar-refractivity contribution in [2.45, 2.75) is 45.1 Å². The zero-order valence-electron chi connectivity index (χ0n) is 9.99. The van der Waals surface area contributed by atoms with Crippen molar-refractivity contribution in [2.24, 2.45) is 0 Å². The second kappa shape index (κ2) is 6.01. The fourth-order valence-electron chi connectivity index (χ4n) is 2.45. The summed E-state index contributed by atoms with van der Waals surface area (Å²) in [7, 11) is 0. The number of anilines is 1. The van der Waals surface area contributed by atoms with Crippen molar-refractivity contribution in [3.63, 3.8) is 0 Å². The van der Waals surface area contributed by atoms with Crippen molar-refractivity contribution < 1.29 is 0 Å². The molecule has 1 atom stereocenters. The molecule has 1 fully saturated rings. The minimum absolute atomic E-state index is 0.323. The molecule has 2 heterocycles. The molecule has 0 aromatic carbocycles. The molecule has 94 valence electrons. The monoisotopic (exact) mass is 317 g/mol. The highest BCUT2D eigenvalue weighted by Crippen LogP contribution is 2.31. The summed E-state index contributed by atoms with van der Waals surface area (Å²) in [6.07, 6.45) is 7.96. The Morgan fingerprint density at radius 3 is 3.12 bits per heavy atom. The smallest absolute Gasteiger partial charge is 0.224 e. The van der Waals surface area contributed by atoms with E-state index in [4.69, 9.17) is 11.6 Å². The number of nitrogens with zero attached hydrogens (tertiary/aromatic N) is 3. The van der Waals surface area contributed by atoms with Crippen LogP contribution in [0.2, 0.25) is 5.28 Å². The van der Waals surface area contributed by atoms with Crippen LogP contribution in [-0.4, -0.2) is 22.6 Å². The number of hydrogen-bond acceptors (Lipinski definition) is 3. The van der Waals surface area contributed by atoms with E-state index in [-0.39, 0.29) is 0 Å². The number of aromatic nitrogens is 2. The van der Waals surface area contributed by atoms with Gasteiger partial charge < -0.3 is 4.90 Å². The Labute approximate surface area is 116 Å². The Balaban J connectivity index is 2.25. The van der Waals surface area contributed by atoms with Crippen LogP contribution in [-0.2, 0) is 0 Å². The lowest BCUT2D eigenvalue weighted by Gasteiger charge is -2.37. The Hall–Kier alpha value is -0.350. The van der Waals surface area contributed by atoms with E-state index in [1.165, 1.54) is 32.1 Å². The molecule has 2 rings (SSSR count). The van der Waals surface area contributed by atoms with Crippen LogP contribution in [0.25, 0.3) is 0 Å². The van der Waals surface area contributed by atoms with Gasteiger partial charge in [0.1, 0.15) is 5.82 Å². The molecule has 1 aromatic heterocycles. The lowest BCUT2D eigenvalue weighted by Crippen LogP contribution is -2.40. The van der Waals surface area contributed by atoms with Crippen LogP contribution in [0.5, 0.6) is 0 Å². The maximum absolute atomic E-state index is 5.89. The molecule has 5 heteroatoms. The Kier molecular flexibility index (Phi) is 4.62. The average Bonchev–Trinajstić information content (AvgIpc) is 2.34. The largest absolute Gasteiger partial charge is 0.353 e. The normalized spacial score (nSPS) is 20.6. The Morgan fingerprint density at radius 2 is 2.35 bits per heavy atom. The minimum Gasteiger partial charge on any atom is -0.353 e. The molecule has 1 saturated heterocycles. The van der Waals surface area contributed by atoms with E-state index in [0.29, 0.717) is 11.3 Å². The van der Waals surface area contributed by atoms with Gasteiger partial charge in [-0.2, -0.15) is 4.98 Å². The predicted molar refractivity (Wildman–Crippen MR) is 74.6 cm³/mol. The van der Waals surface area contributed by atoms with E-state index in [2.05, 4.69) is 37.7 Å². The third kappa shape index (κ3) is 3.10. The van der Waals surface area contributed by atoms with E-state index in [1.54, 1.807) is 6.20 Å². The SMILES string of the molecule is CCCC1CCCCN1c1nc(Cl)ncc1Br. The van der Waals surface area contributed by atoms with E-state index in [1.807, 2.05) is 0 Å².